The van der Waals surface area contributed by atoms with E-state index >= 15 is 0 Å². The zero-order valence-electron chi connectivity index (χ0n) is 7.91. The van der Waals surface area contributed by atoms with Gasteiger partial charge in [0.05, 0.1) is 12.5 Å². The molecule has 1 aromatic heterocycles. The van der Waals surface area contributed by atoms with Gasteiger partial charge >= 0.3 is 0 Å². The summed E-state index contributed by atoms with van der Waals surface area (Å²) < 4.78 is 4.83. The van der Waals surface area contributed by atoms with Crippen LogP contribution in [-0.4, -0.2) is 16.5 Å². The van der Waals surface area contributed by atoms with Crippen molar-refractivity contribution in [3.05, 3.63) is 24.2 Å². The van der Waals surface area contributed by atoms with Crippen molar-refractivity contribution in [2.45, 2.75) is 32.3 Å². The summed E-state index contributed by atoms with van der Waals surface area (Å²) >= 11 is 0. The third-order valence-corrected chi connectivity index (χ3v) is 2.23. The summed E-state index contributed by atoms with van der Waals surface area (Å²) in [5.74, 6) is -0.170. The van der Waals surface area contributed by atoms with E-state index in [1.165, 1.54) is 19.5 Å². The molecule has 0 amide bonds. The van der Waals surface area contributed by atoms with Gasteiger partial charge in [-0.3, -0.25) is 4.79 Å². The minimum atomic E-state index is -1.21. The average molecular weight is 182 g/mol. The number of carbonyl (C=O) groups is 1. The van der Waals surface area contributed by atoms with Crippen LogP contribution in [0.4, 0.5) is 0 Å². The van der Waals surface area contributed by atoms with E-state index in [0.717, 1.165) is 5.56 Å². The number of carbonyl (C=O) groups excluding carboxylic acids is 1. The highest BCUT2D eigenvalue weighted by atomic mass is 16.3. The molecule has 0 aliphatic carbocycles. The smallest absolute Gasteiger partial charge is 0.168 e. The first-order chi connectivity index (χ1) is 6.06. The van der Waals surface area contributed by atoms with Gasteiger partial charge < -0.3 is 9.52 Å². The minimum Gasteiger partial charge on any atom is -0.472 e. The third kappa shape index (κ3) is 2.42. The quantitative estimate of drug-likeness (QED) is 0.768. The largest absolute Gasteiger partial charge is 0.472 e. The molecule has 0 fully saturated rings. The van der Waals surface area contributed by atoms with Crippen LogP contribution in [0, 0.1) is 0 Å². The van der Waals surface area contributed by atoms with E-state index in [9.17, 15) is 9.90 Å². The van der Waals surface area contributed by atoms with Gasteiger partial charge in [0.1, 0.15) is 5.60 Å². The van der Waals surface area contributed by atoms with Crippen LogP contribution in [0.2, 0.25) is 0 Å². The SMILES string of the molecule is CCC(C)(O)C(=O)Cc1ccoc1. The van der Waals surface area contributed by atoms with Crippen molar-refractivity contribution in [2.24, 2.45) is 0 Å². The lowest BCUT2D eigenvalue weighted by Crippen LogP contribution is -2.35. The predicted octanol–water partition coefficient (Wildman–Crippen LogP) is 1.55. The summed E-state index contributed by atoms with van der Waals surface area (Å²) in [4.78, 5) is 11.5. The maximum Gasteiger partial charge on any atom is 0.168 e. The Morgan fingerprint density at radius 1 is 1.69 bits per heavy atom. The number of aliphatic hydroxyl groups is 1. The lowest BCUT2D eigenvalue weighted by atomic mass is 9.94. The van der Waals surface area contributed by atoms with Gasteiger partial charge in [-0.2, -0.15) is 0 Å². The van der Waals surface area contributed by atoms with Crippen LogP contribution in [0.3, 0.4) is 0 Å². The summed E-state index contributed by atoms with van der Waals surface area (Å²) in [6, 6.07) is 1.73. The number of hydrogen-bond acceptors (Lipinski definition) is 3. The van der Waals surface area contributed by atoms with Crippen LogP contribution in [0.5, 0.6) is 0 Å². The van der Waals surface area contributed by atoms with Crippen LogP contribution in [0.15, 0.2) is 23.0 Å². The highest BCUT2D eigenvalue weighted by molar-refractivity contribution is 5.88. The molecule has 1 rings (SSSR count). The predicted molar refractivity (Wildman–Crippen MR) is 48.3 cm³/mol. The maximum atomic E-state index is 11.5. The van der Waals surface area contributed by atoms with Gasteiger partial charge in [0, 0.05) is 6.42 Å². The topological polar surface area (TPSA) is 50.4 Å². The Morgan fingerprint density at radius 2 is 2.38 bits per heavy atom. The fraction of sp³-hybridized carbons (Fsp3) is 0.500. The van der Waals surface area contributed by atoms with Gasteiger partial charge in [0.2, 0.25) is 0 Å². The van der Waals surface area contributed by atoms with E-state index in [2.05, 4.69) is 0 Å². The van der Waals surface area contributed by atoms with E-state index in [0.29, 0.717) is 6.42 Å². The first kappa shape index (κ1) is 9.99. The lowest BCUT2D eigenvalue weighted by Gasteiger charge is -2.18. The fourth-order valence-corrected chi connectivity index (χ4v) is 0.966. The Bertz CT molecular complexity index is 272. The monoisotopic (exact) mass is 182 g/mol. The molecule has 0 bridgehead atoms. The summed E-state index contributed by atoms with van der Waals surface area (Å²) in [5, 5.41) is 9.61. The van der Waals surface area contributed by atoms with E-state index < -0.39 is 5.60 Å². The number of hydrogen-bond donors (Lipinski definition) is 1. The van der Waals surface area contributed by atoms with Gasteiger partial charge in [0.25, 0.3) is 0 Å². The van der Waals surface area contributed by atoms with Crippen LogP contribution in [-0.2, 0) is 11.2 Å². The highest BCUT2D eigenvalue weighted by Crippen LogP contribution is 2.13. The highest BCUT2D eigenvalue weighted by Gasteiger charge is 2.27. The Hall–Kier alpha value is -1.09. The number of ketones is 1. The Balaban J connectivity index is 2.61. The molecule has 0 radical (unpaired) electrons. The van der Waals surface area contributed by atoms with E-state index in [1.54, 1.807) is 13.0 Å². The van der Waals surface area contributed by atoms with Gasteiger partial charge in [-0.25, -0.2) is 0 Å². The molecular formula is C10H14O3. The Morgan fingerprint density at radius 3 is 2.85 bits per heavy atom. The van der Waals surface area contributed by atoms with Gasteiger partial charge in [-0.15, -0.1) is 0 Å². The summed E-state index contributed by atoms with van der Waals surface area (Å²) in [6.45, 7) is 3.32. The van der Waals surface area contributed by atoms with Crippen molar-refractivity contribution in [1.82, 2.24) is 0 Å². The first-order valence-corrected chi connectivity index (χ1v) is 4.33. The van der Waals surface area contributed by atoms with E-state index in [1.807, 2.05) is 0 Å². The molecule has 1 N–H and O–H groups in total. The fourth-order valence-electron chi connectivity index (χ4n) is 0.966. The van der Waals surface area contributed by atoms with Gasteiger partial charge in [0.15, 0.2) is 5.78 Å². The Kier molecular flexibility index (Phi) is 2.88. The third-order valence-electron chi connectivity index (χ3n) is 2.23. The second-order valence-corrected chi connectivity index (χ2v) is 3.36. The molecule has 0 aromatic carbocycles. The lowest BCUT2D eigenvalue weighted by molar-refractivity contribution is -0.135. The van der Waals surface area contributed by atoms with Crippen LogP contribution in [0.1, 0.15) is 25.8 Å². The van der Waals surface area contributed by atoms with Crippen molar-refractivity contribution < 1.29 is 14.3 Å². The zero-order chi connectivity index (χ0) is 9.90. The van der Waals surface area contributed by atoms with Crippen molar-refractivity contribution in [3.63, 3.8) is 0 Å². The molecule has 72 valence electrons. The second kappa shape index (κ2) is 3.75. The number of furan rings is 1. The van der Waals surface area contributed by atoms with Crippen molar-refractivity contribution in [3.8, 4) is 0 Å². The second-order valence-electron chi connectivity index (χ2n) is 3.36. The molecule has 1 unspecified atom stereocenters. The van der Waals surface area contributed by atoms with Gasteiger partial charge in [-0.05, 0) is 25.0 Å². The molecule has 13 heavy (non-hydrogen) atoms. The molecule has 3 nitrogen and oxygen atoms in total. The summed E-state index contributed by atoms with van der Waals surface area (Å²) in [7, 11) is 0. The molecule has 0 saturated heterocycles. The Labute approximate surface area is 77.4 Å². The summed E-state index contributed by atoms with van der Waals surface area (Å²) in [5.41, 5.74) is -0.407. The van der Waals surface area contributed by atoms with E-state index in [-0.39, 0.29) is 12.2 Å². The van der Waals surface area contributed by atoms with Crippen LogP contribution >= 0.6 is 0 Å². The molecule has 0 saturated carbocycles. The molecule has 1 heterocycles. The molecule has 0 aliphatic heterocycles. The molecule has 1 atom stereocenters. The summed E-state index contributed by atoms with van der Waals surface area (Å²) in [6.07, 6.45) is 3.70. The molecule has 1 aromatic rings. The van der Waals surface area contributed by atoms with Crippen LogP contribution in [0.25, 0.3) is 0 Å². The standard InChI is InChI=1S/C10H14O3/c1-3-10(2,12)9(11)6-8-4-5-13-7-8/h4-5,7,12H,3,6H2,1-2H3. The van der Waals surface area contributed by atoms with Crippen molar-refractivity contribution in [1.29, 1.82) is 0 Å². The number of rotatable bonds is 4. The number of Topliss-reactive ketones (excluding diaryl/α,β-unsaturated/α-hetero) is 1. The molecule has 3 heteroatoms. The molecule has 0 spiro atoms. The molecule has 0 aliphatic rings. The van der Waals surface area contributed by atoms with Crippen molar-refractivity contribution in [2.75, 3.05) is 0 Å². The normalized spacial score (nSPS) is 15.3. The van der Waals surface area contributed by atoms with Crippen LogP contribution < -0.4 is 0 Å². The van der Waals surface area contributed by atoms with Gasteiger partial charge in [-0.1, -0.05) is 6.92 Å². The molecular weight excluding hydrogens is 168 g/mol. The minimum absolute atomic E-state index is 0.170. The zero-order valence-corrected chi connectivity index (χ0v) is 7.91. The average Bonchev–Trinajstić information content (AvgIpc) is 2.57. The maximum absolute atomic E-state index is 11.5. The first-order valence-electron chi connectivity index (χ1n) is 4.33. The van der Waals surface area contributed by atoms with Crippen molar-refractivity contribution >= 4 is 5.78 Å². The van der Waals surface area contributed by atoms with E-state index in [4.69, 9.17) is 4.42 Å².